The molecule has 0 aliphatic heterocycles. The summed E-state index contributed by atoms with van der Waals surface area (Å²) in [6.45, 7) is 3.66. The zero-order valence-corrected chi connectivity index (χ0v) is 6.30. The molecule has 9 heavy (non-hydrogen) atoms. The van der Waals surface area contributed by atoms with Gasteiger partial charge >= 0.3 is 0 Å². The van der Waals surface area contributed by atoms with Crippen LogP contribution in [-0.4, -0.2) is 9.97 Å². The minimum Gasteiger partial charge on any atom is -0.244 e. The molecule has 3 heteroatoms. The predicted octanol–water partition coefficient (Wildman–Crippen LogP) is 1.84. The lowest BCUT2D eigenvalue weighted by Crippen LogP contribution is -1.79. The molecule has 0 atom stereocenters. The molecular weight excluding hydrogens is 180 g/mol. The van der Waals surface area contributed by atoms with Gasteiger partial charge in [-0.25, -0.2) is 9.97 Å². The number of nitrogens with zero attached hydrogens (tertiary/aromatic N) is 2. The standard InChI is InChI=1S/C6H5BrN2/c1-5(7)6-2-8-4-9-3-6/h2-4H,1H2. The molecule has 46 valence electrons. The first-order valence-corrected chi connectivity index (χ1v) is 3.20. The van der Waals surface area contributed by atoms with Crippen molar-refractivity contribution in [3.05, 3.63) is 30.9 Å². The van der Waals surface area contributed by atoms with Crippen LogP contribution in [0, 0.1) is 0 Å². The fraction of sp³-hybridized carbons (Fsp3) is 0. The van der Waals surface area contributed by atoms with Crippen LogP contribution in [-0.2, 0) is 0 Å². The maximum Gasteiger partial charge on any atom is 0.115 e. The van der Waals surface area contributed by atoms with Gasteiger partial charge in [0.25, 0.3) is 0 Å². The molecule has 0 radical (unpaired) electrons. The second-order valence-electron chi connectivity index (χ2n) is 1.53. The number of halogens is 1. The van der Waals surface area contributed by atoms with E-state index in [1.54, 1.807) is 12.4 Å². The van der Waals surface area contributed by atoms with Crippen molar-refractivity contribution in [2.24, 2.45) is 0 Å². The van der Waals surface area contributed by atoms with Crippen molar-refractivity contribution in [2.45, 2.75) is 0 Å². The van der Waals surface area contributed by atoms with Crippen LogP contribution in [0.3, 0.4) is 0 Å². The van der Waals surface area contributed by atoms with Crippen LogP contribution in [0.2, 0.25) is 0 Å². The Hall–Kier alpha value is -0.700. The van der Waals surface area contributed by atoms with Crippen molar-refractivity contribution in [1.29, 1.82) is 0 Å². The molecule has 1 rings (SSSR count). The van der Waals surface area contributed by atoms with E-state index in [-0.39, 0.29) is 0 Å². The predicted molar refractivity (Wildman–Crippen MR) is 40.0 cm³/mol. The van der Waals surface area contributed by atoms with Crippen LogP contribution in [0.25, 0.3) is 4.48 Å². The van der Waals surface area contributed by atoms with Gasteiger partial charge in [-0.3, -0.25) is 0 Å². The molecule has 0 aromatic carbocycles. The Morgan fingerprint density at radius 2 is 2.00 bits per heavy atom. The second kappa shape index (κ2) is 2.73. The summed E-state index contributed by atoms with van der Waals surface area (Å²) >= 11 is 3.21. The monoisotopic (exact) mass is 184 g/mol. The fourth-order valence-electron chi connectivity index (χ4n) is 0.439. The van der Waals surface area contributed by atoms with E-state index in [1.165, 1.54) is 6.33 Å². The van der Waals surface area contributed by atoms with Crippen molar-refractivity contribution in [3.63, 3.8) is 0 Å². The van der Waals surface area contributed by atoms with E-state index in [0.29, 0.717) is 0 Å². The average molecular weight is 185 g/mol. The molecule has 2 nitrogen and oxygen atoms in total. The lowest BCUT2D eigenvalue weighted by molar-refractivity contribution is 1.16. The maximum atomic E-state index is 3.80. The van der Waals surface area contributed by atoms with E-state index in [1.807, 2.05) is 0 Å². The number of hydrogen-bond acceptors (Lipinski definition) is 2. The van der Waals surface area contributed by atoms with Gasteiger partial charge in [-0.2, -0.15) is 0 Å². The van der Waals surface area contributed by atoms with Gasteiger partial charge in [0.2, 0.25) is 0 Å². The van der Waals surface area contributed by atoms with Crippen LogP contribution in [0.15, 0.2) is 25.3 Å². The fourth-order valence-corrected chi connectivity index (χ4v) is 0.644. The van der Waals surface area contributed by atoms with E-state index in [0.717, 1.165) is 10.0 Å². The Morgan fingerprint density at radius 1 is 1.44 bits per heavy atom. The molecule has 0 aliphatic rings. The summed E-state index contributed by atoms with van der Waals surface area (Å²) in [7, 11) is 0. The molecule has 0 saturated carbocycles. The van der Waals surface area contributed by atoms with E-state index in [2.05, 4.69) is 32.5 Å². The SMILES string of the molecule is C=C(Br)c1cncnc1. The largest absolute Gasteiger partial charge is 0.244 e. The molecule has 1 aromatic heterocycles. The van der Waals surface area contributed by atoms with Crippen LogP contribution >= 0.6 is 15.9 Å². The molecule has 0 unspecified atom stereocenters. The van der Waals surface area contributed by atoms with Crippen molar-refractivity contribution >= 4 is 20.4 Å². The highest BCUT2D eigenvalue weighted by molar-refractivity contribution is 9.15. The smallest absolute Gasteiger partial charge is 0.115 e. The number of aromatic nitrogens is 2. The first-order valence-electron chi connectivity index (χ1n) is 2.40. The van der Waals surface area contributed by atoms with Gasteiger partial charge in [-0.05, 0) is 0 Å². The molecule has 0 N–H and O–H groups in total. The second-order valence-corrected chi connectivity index (χ2v) is 2.49. The van der Waals surface area contributed by atoms with E-state index < -0.39 is 0 Å². The van der Waals surface area contributed by atoms with Crippen molar-refractivity contribution in [1.82, 2.24) is 9.97 Å². The van der Waals surface area contributed by atoms with Gasteiger partial charge in [-0.1, -0.05) is 22.5 Å². The summed E-state index contributed by atoms with van der Waals surface area (Å²) in [6, 6.07) is 0. The molecule has 1 aromatic rings. The normalized spacial score (nSPS) is 9.00. The van der Waals surface area contributed by atoms with E-state index >= 15 is 0 Å². The molecule has 0 aliphatic carbocycles. The van der Waals surface area contributed by atoms with Gasteiger partial charge in [0, 0.05) is 22.4 Å². The Labute approximate surface area is 61.8 Å². The van der Waals surface area contributed by atoms with E-state index in [4.69, 9.17) is 0 Å². The van der Waals surface area contributed by atoms with Crippen molar-refractivity contribution in [3.8, 4) is 0 Å². The van der Waals surface area contributed by atoms with E-state index in [9.17, 15) is 0 Å². The zero-order chi connectivity index (χ0) is 6.69. The van der Waals surface area contributed by atoms with Crippen LogP contribution in [0.5, 0.6) is 0 Å². The molecule has 0 amide bonds. The lowest BCUT2D eigenvalue weighted by Gasteiger charge is -1.91. The lowest BCUT2D eigenvalue weighted by atomic mass is 10.3. The summed E-state index contributed by atoms with van der Waals surface area (Å²) < 4.78 is 0.808. The summed E-state index contributed by atoms with van der Waals surface area (Å²) in [4.78, 5) is 7.61. The molecule has 1 heterocycles. The summed E-state index contributed by atoms with van der Waals surface area (Å²) in [5.74, 6) is 0. The molecular formula is C6H5BrN2. The minimum atomic E-state index is 0.808. The molecule has 0 fully saturated rings. The molecule has 0 bridgehead atoms. The van der Waals surface area contributed by atoms with Crippen LogP contribution in [0.4, 0.5) is 0 Å². The van der Waals surface area contributed by atoms with Crippen molar-refractivity contribution < 1.29 is 0 Å². The summed E-state index contributed by atoms with van der Waals surface area (Å²) in [5.41, 5.74) is 0.914. The van der Waals surface area contributed by atoms with Gasteiger partial charge in [-0.15, -0.1) is 0 Å². The van der Waals surface area contributed by atoms with Crippen molar-refractivity contribution in [2.75, 3.05) is 0 Å². The zero-order valence-electron chi connectivity index (χ0n) is 4.71. The number of hydrogen-bond donors (Lipinski definition) is 0. The Bertz CT molecular complexity index is 208. The summed E-state index contributed by atoms with van der Waals surface area (Å²) in [5, 5.41) is 0. The highest BCUT2D eigenvalue weighted by Gasteiger charge is 1.90. The van der Waals surface area contributed by atoms with Gasteiger partial charge in [0.05, 0.1) is 0 Å². The summed E-state index contributed by atoms with van der Waals surface area (Å²) in [6.07, 6.45) is 4.88. The quantitative estimate of drug-likeness (QED) is 0.666. The highest BCUT2D eigenvalue weighted by Crippen LogP contribution is 2.14. The van der Waals surface area contributed by atoms with Gasteiger partial charge in [0.1, 0.15) is 6.33 Å². The highest BCUT2D eigenvalue weighted by atomic mass is 79.9. The third kappa shape index (κ3) is 1.61. The third-order valence-corrected chi connectivity index (χ3v) is 1.33. The first-order chi connectivity index (χ1) is 4.30. The molecule has 0 saturated heterocycles. The maximum absolute atomic E-state index is 3.80. The van der Waals surface area contributed by atoms with Crippen LogP contribution < -0.4 is 0 Å². The first kappa shape index (κ1) is 6.42. The van der Waals surface area contributed by atoms with Gasteiger partial charge in [0.15, 0.2) is 0 Å². The molecule has 0 spiro atoms. The average Bonchev–Trinajstić information content (AvgIpc) is 1.90. The van der Waals surface area contributed by atoms with Crippen LogP contribution in [0.1, 0.15) is 5.56 Å². The minimum absolute atomic E-state index is 0.808. The Morgan fingerprint density at radius 3 is 2.33 bits per heavy atom. The number of rotatable bonds is 1. The third-order valence-electron chi connectivity index (χ3n) is 0.874. The Balaban J connectivity index is 2.98. The van der Waals surface area contributed by atoms with Gasteiger partial charge < -0.3 is 0 Å². The topological polar surface area (TPSA) is 25.8 Å². The Kier molecular flexibility index (Phi) is 1.95.